The maximum Gasteiger partial charge on any atom is 0.166 e. The van der Waals surface area contributed by atoms with Gasteiger partial charge in [0.15, 0.2) is 5.78 Å². The molecule has 0 atom stereocenters. The number of anilines is 1. The van der Waals surface area contributed by atoms with Crippen LogP contribution in [0.2, 0.25) is 5.02 Å². The molecule has 2 aromatic carbocycles. The van der Waals surface area contributed by atoms with Crippen LogP contribution < -0.4 is 4.90 Å². The van der Waals surface area contributed by atoms with E-state index in [1.807, 2.05) is 24.3 Å². The summed E-state index contributed by atoms with van der Waals surface area (Å²) in [4.78, 5) is 14.5. The van der Waals surface area contributed by atoms with Crippen LogP contribution in [0.4, 0.5) is 5.69 Å². The second-order valence-electron chi connectivity index (χ2n) is 5.02. The first kappa shape index (κ1) is 15.6. The minimum atomic E-state index is 0.0904. The Balaban J connectivity index is 2.06. The maximum atomic E-state index is 12.3. The Morgan fingerprint density at radius 3 is 2.43 bits per heavy atom. The third-order valence-electron chi connectivity index (χ3n) is 3.62. The van der Waals surface area contributed by atoms with Crippen molar-refractivity contribution in [2.75, 3.05) is 18.0 Å². The van der Waals surface area contributed by atoms with Gasteiger partial charge in [0.05, 0.1) is 5.02 Å². The average molecular weight is 302 g/mol. The fourth-order valence-corrected chi connectivity index (χ4v) is 2.67. The topological polar surface area (TPSA) is 20.3 Å². The molecule has 0 fully saturated rings. The molecular weight excluding hydrogens is 282 g/mol. The van der Waals surface area contributed by atoms with Gasteiger partial charge in [-0.15, -0.1) is 0 Å². The number of hydrogen-bond acceptors (Lipinski definition) is 2. The van der Waals surface area contributed by atoms with Crippen molar-refractivity contribution in [3.8, 4) is 0 Å². The number of ketones is 1. The van der Waals surface area contributed by atoms with Gasteiger partial charge in [0.1, 0.15) is 0 Å². The number of benzene rings is 2. The molecule has 0 spiro atoms. The third-order valence-corrected chi connectivity index (χ3v) is 3.95. The fraction of sp³-hybridized carbons (Fsp3) is 0.278. The summed E-state index contributed by atoms with van der Waals surface area (Å²) in [5.41, 5.74) is 3.02. The number of halogens is 1. The van der Waals surface area contributed by atoms with Gasteiger partial charge in [0, 0.05) is 30.8 Å². The maximum absolute atomic E-state index is 12.3. The molecule has 3 heteroatoms. The zero-order valence-electron chi connectivity index (χ0n) is 12.5. The van der Waals surface area contributed by atoms with Gasteiger partial charge in [-0.25, -0.2) is 0 Å². The van der Waals surface area contributed by atoms with E-state index in [1.54, 1.807) is 12.1 Å². The van der Waals surface area contributed by atoms with Gasteiger partial charge < -0.3 is 4.90 Å². The van der Waals surface area contributed by atoms with Crippen molar-refractivity contribution in [2.45, 2.75) is 20.3 Å². The number of para-hydroxylation sites is 1. The van der Waals surface area contributed by atoms with Gasteiger partial charge >= 0.3 is 0 Å². The molecule has 0 saturated carbocycles. The molecule has 0 aliphatic heterocycles. The predicted molar refractivity (Wildman–Crippen MR) is 89.5 cm³/mol. The molecule has 0 aliphatic rings. The zero-order valence-corrected chi connectivity index (χ0v) is 13.2. The molecule has 0 bridgehead atoms. The number of nitrogens with zero attached hydrogens (tertiary/aromatic N) is 1. The molecule has 0 unspecified atom stereocenters. The lowest BCUT2D eigenvalue weighted by atomic mass is 10.1. The normalized spacial score (nSPS) is 10.4. The molecule has 2 nitrogen and oxygen atoms in total. The van der Waals surface area contributed by atoms with E-state index in [-0.39, 0.29) is 5.78 Å². The van der Waals surface area contributed by atoms with E-state index in [0.717, 1.165) is 6.54 Å². The summed E-state index contributed by atoms with van der Waals surface area (Å²) in [6.45, 7) is 5.77. The lowest BCUT2D eigenvalue weighted by Crippen LogP contribution is -2.26. The predicted octanol–water partition coefficient (Wildman–Crippen LogP) is 4.75. The fourth-order valence-electron chi connectivity index (χ4n) is 2.43. The van der Waals surface area contributed by atoms with Crippen molar-refractivity contribution in [1.82, 2.24) is 0 Å². The first-order chi connectivity index (χ1) is 10.1. The molecule has 0 N–H and O–H groups in total. The molecule has 0 amide bonds. The SMILES string of the molecule is CCN(CCC(=O)c1ccccc1Cl)c1ccccc1C. The van der Waals surface area contributed by atoms with Crippen LogP contribution in [0.25, 0.3) is 0 Å². The van der Waals surface area contributed by atoms with Crippen LogP contribution in [0.3, 0.4) is 0 Å². The Bertz CT molecular complexity index is 624. The van der Waals surface area contributed by atoms with E-state index < -0.39 is 0 Å². The number of carbonyl (C=O) groups excluding carboxylic acids is 1. The van der Waals surface area contributed by atoms with E-state index >= 15 is 0 Å². The highest BCUT2D eigenvalue weighted by atomic mass is 35.5. The largest absolute Gasteiger partial charge is 0.371 e. The first-order valence-electron chi connectivity index (χ1n) is 7.21. The van der Waals surface area contributed by atoms with Crippen LogP contribution in [0.1, 0.15) is 29.3 Å². The van der Waals surface area contributed by atoms with Crippen molar-refractivity contribution in [2.24, 2.45) is 0 Å². The van der Waals surface area contributed by atoms with Gasteiger partial charge in [0.25, 0.3) is 0 Å². The highest BCUT2D eigenvalue weighted by Crippen LogP contribution is 2.21. The smallest absolute Gasteiger partial charge is 0.166 e. The van der Waals surface area contributed by atoms with E-state index in [4.69, 9.17) is 11.6 Å². The number of rotatable bonds is 6. The van der Waals surface area contributed by atoms with Gasteiger partial charge in [-0.2, -0.15) is 0 Å². The molecule has 0 aromatic heterocycles. The third kappa shape index (κ3) is 3.85. The Morgan fingerprint density at radius 1 is 1.10 bits per heavy atom. The molecule has 110 valence electrons. The molecule has 2 rings (SSSR count). The number of carbonyl (C=O) groups is 1. The number of Topliss-reactive ketones (excluding diaryl/α,β-unsaturated/α-hetero) is 1. The van der Waals surface area contributed by atoms with Gasteiger partial charge in [0.2, 0.25) is 0 Å². The van der Waals surface area contributed by atoms with E-state index in [2.05, 4.69) is 30.9 Å². The number of aryl methyl sites for hydroxylation is 1. The van der Waals surface area contributed by atoms with E-state index in [0.29, 0.717) is 23.6 Å². The highest BCUT2D eigenvalue weighted by molar-refractivity contribution is 6.33. The average Bonchev–Trinajstić information content (AvgIpc) is 2.49. The molecule has 0 aliphatic carbocycles. The second-order valence-corrected chi connectivity index (χ2v) is 5.43. The van der Waals surface area contributed by atoms with E-state index in [1.165, 1.54) is 11.3 Å². The van der Waals surface area contributed by atoms with Crippen molar-refractivity contribution < 1.29 is 4.79 Å². The monoisotopic (exact) mass is 301 g/mol. The minimum Gasteiger partial charge on any atom is -0.371 e. The second kappa shape index (κ2) is 7.28. The summed E-state index contributed by atoms with van der Waals surface area (Å²) >= 11 is 6.08. The molecule has 0 saturated heterocycles. The first-order valence-corrected chi connectivity index (χ1v) is 7.59. The lowest BCUT2D eigenvalue weighted by molar-refractivity contribution is 0.0985. The van der Waals surface area contributed by atoms with Crippen LogP contribution in [0.15, 0.2) is 48.5 Å². The summed E-state index contributed by atoms with van der Waals surface area (Å²) in [7, 11) is 0. The molecule has 2 aromatic rings. The van der Waals surface area contributed by atoms with Crippen molar-refractivity contribution in [3.63, 3.8) is 0 Å². The molecular formula is C18H20ClNO. The molecule has 0 radical (unpaired) electrons. The summed E-state index contributed by atoms with van der Waals surface area (Å²) in [6.07, 6.45) is 0.464. The van der Waals surface area contributed by atoms with Crippen molar-refractivity contribution >= 4 is 23.1 Å². The molecule has 21 heavy (non-hydrogen) atoms. The Labute approximate surface area is 131 Å². The van der Waals surface area contributed by atoms with Gasteiger partial charge in [-0.1, -0.05) is 41.9 Å². The Hall–Kier alpha value is -1.80. The quantitative estimate of drug-likeness (QED) is 0.718. The van der Waals surface area contributed by atoms with Crippen molar-refractivity contribution in [1.29, 1.82) is 0 Å². The summed E-state index contributed by atoms with van der Waals surface area (Å²) in [5, 5.41) is 0.529. The Kier molecular flexibility index (Phi) is 5.40. The molecule has 0 heterocycles. The van der Waals surface area contributed by atoms with Crippen LogP contribution in [0, 0.1) is 6.92 Å². The van der Waals surface area contributed by atoms with Crippen LogP contribution >= 0.6 is 11.6 Å². The summed E-state index contributed by atoms with van der Waals surface area (Å²) in [5.74, 6) is 0.0904. The highest BCUT2D eigenvalue weighted by Gasteiger charge is 2.13. The number of hydrogen-bond donors (Lipinski definition) is 0. The van der Waals surface area contributed by atoms with Crippen LogP contribution in [0.5, 0.6) is 0 Å². The van der Waals surface area contributed by atoms with Gasteiger partial charge in [-0.05, 0) is 37.6 Å². The van der Waals surface area contributed by atoms with Crippen LogP contribution in [-0.4, -0.2) is 18.9 Å². The lowest BCUT2D eigenvalue weighted by Gasteiger charge is -2.24. The summed E-state index contributed by atoms with van der Waals surface area (Å²) in [6, 6.07) is 15.5. The van der Waals surface area contributed by atoms with E-state index in [9.17, 15) is 4.79 Å². The van der Waals surface area contributed by atoms with Crippen LogP contribution in [-0.2, 0) is 0 Å². The summed E-state index contributed by atoms with van der Waals surface area (Å²) < 4.78 is 0. The van der Waals surface area contributed by atoms with Gasteiger partial charge in [-0.3, -0.25) is 4.79 Å². The van der Waals surface area contributed by atoms with Crippen molar-refractivity contribution in [3.05, 3.63) is 64.7 Å². The minimum absolute atomic E-state index is 0.0904. The standard InChI is InChI=1S/C18H20ClNO/c1-3-20(17-11-7-4-8-14(17)2)13-12-18(21)15-9-5-6-10-16(15)19/h4-11H,3,12-13H2,1-2H3. The Morgan fingerprint density at radius 2 is 1.76 bits per heavy atom. The zero-order chi connectivity index (χ0) is 15.2.